The molecule has 0 aliphatic heterocycles. The summed E-state index contributed by atoms with van der Waals surface area (Å²) >= 11 is 0. The lowest BCUT2D eigenvalue weighted by Crippen LogP contribution is -2.39. The molecule has 0 saturated heterocycles. The second-order valence-corrected chi connectivity index (χ2v) is 6.61. The van der Waals surface area contributed by atoms with E-state index in [-0.39, 0.29) is 24.0 Å². The molecule has 5 nitrogen and oxygen atoms in total. The Morgan fingerprint density at radius 2 is 2.12 bits per heavy atom. The predicted molar refractivity (Wildman–Crippen MR) is 114 cm³/mol. The standard InChI is InChI=1S/C19H31N3O2.HI/c1-4-20-19(21-11-18(23)14-24-13-16-9-10-16)22(3)12-17-8-6-5-7-15(17)2;/h5-8,16,18,23H,4,9-14H2,1-3H3,(H,20,21);1H. The number of aryl methyl sites for hydroxylation is 1. The average molecular weight is 461 g/mol. The van der Waals surface area contributed by atoms with Crippen molar-refractivity contribution >= 4 is 29.9 Å². The number of hydrogen-bond acceptors (Lipinski definition) is 3. The maximum Gasteiger partial charge on any atom is 0.194 e. The molecule has 2 N–H and O–H groups in total. The normalized spacial score (nSPS) is 15.4. The first kappa shape index (κ1) is 22.2. The van der Waals surface area contributed by atoms with Crippen molar-refractivity contribution < 1.29 is 9.84 Å². The molecule has 0 amide bonds. The van der Waals surface area contributed by atoms with Gasteiger partial charge in [0, 0.05) is 26.7 Å². The number of rotatable bonds is 9. The van der Waals surface area contributed by atoms with Crippen molar-refractivity contribution in [3.05, 3.63) is 35.4 Å². The van der Waals surface area contributed by atoms with Crippen LogP contribution < -0.4 is 5.32 Å². The van der Waals surface area contributed by atoms with Gasteiger partial charge in [-0.3, -0.25) is 4.99 Å². The summed E-state index contributed by atoms with van der Waals surface area (Å²) in [7, 11) is 2.02. The van der Waals surface area contributed by atoms with E-state index in [4.69, 9.17) is 4.74 Å². The number of nitrogens with zero attached hydrogens (tertiary/aromatic N) is 2. The molecule has 1 aliphatic rings. The van der Waals surface area contributed by atoms with E-state index in [1.165, 1.54) is 24.0 Å². The molecule has 2 rings (SSSR count). The molecule has 1 aliphatic carbocycles. The number of guanidine groups is 1. The third kappa shape index (κ3) is 8.37. The molecule has 0 radical (unpaired) electrons. The summed E-state index contributed by atoms with van der Waals surface area (Å²) in [6, 6.07) is 8.36. The van der Waals surface area contributed by atoms with E-state index in [2.05, 4.69) is 46.4 Å². The van der Waals surface area contributed by atoms with Crippen molar-refractivity contribution in [2.75, 3.05) is 33.4 Å². The summed E-state index contributed by atoms with van der Waals surface area (Å²) < 4.78 is 5.53. The van der Waals surface area contributed by atoms with Crippen molar-refractivity contribution in [2.24, 2.45) is 10.9 Å². The Morgan fingerprint density at radius 3 is 2.76 bits per heavy atom. The van der Waals surface area contributed by atoms with E-state index in [0.717, 1.165) is 31.6 Å². The Kier molecular flexibility index (Phi) is 10.4. The van der Waals surface area contributed by atoms with Crippen molar-refractivity contribution in [3.8, 4) is 0 Å². The number of aliphatic hydroxyl groups is 1. The Balaban J connectivity index is 0.00000312. The first-order valence-corrected chi connectivity index (χ1v) is 8.90. The molecule has 0 heterocycles. The van der Waals surface area contributed by atoms with Gasteiger partial charge in [0.05, 0.1) is 19.3 Å². The van der Waals surface area contributed by atoms with Crippen LogP contribution in [0.15, 0.2) is 29.3 Å². The highest BCUT2D eigenvalue weighted by Gasteiger charge is 2.21. The fraction of sp³-hybridized carbons (Fsp3) is 0.632. The SMILES string of the molecule is CCNC(=NCC(O)COCC1CC1)N(C)Cc1ccccc1C.I. The van der Waals surface area contributed by atoms with Gasteiger partial charge in [0.15, 0.2) is 5.96 Å². The molecular weight excluding hydrogens is 429 g/mol. The number of benzene rings is 1. The van der Waals surface area contributed by atoms with Crippen LogP contribution in [0.4, 0.5) is 0 Å². The topological polar surface area (TPSA) is 57.1 Å². The van der Waals surface area contributed by atoms with Crippen molar-refractivity contribution in [2.45, 2.75) is 39.3 Å². The van der Waals surface area contributed by atoms with E-state index in [9.17, 15) is 5.11 Å². The molecular formula is C19H32IN3O2. The van der Waals surface area contributed by atoms with Gasteiger partial charge < -0.3 is 20.1 Å². The number of ether oxygens (including phenoxy) is 1. The molecule has 1 saturated carbocycles. The maximum atomic E-state index is 10.0. The van der Waals surface area contributed by atoms with E-state index in [1.807, 2.05) is 14.0 Å². The largest absolute Gasteiger partial charge is 0.389 e. The van der Waals surface area contributed by atoms with Gasteiger partial charge in [0.1, 0.15) is 0 Å². The number of aliphatic imine (C=N–C) groups is 1. The third-order valence-electron chi connectivity index (χ3n) is 4.18. The molecule has 0 spiro atoms. The quantitative estimate of drug-likeness (QED) is 0.338. The van der Waals surface area contributed by atoms with Gasteiger partial charge in [-0.2, -0.15) is 0 Å². The van der Waals surface area contributed by atoms with Crippen LogP contribution in [0.25, 0.3) is 0 Å². The van der Waals surface area contributed by atoms with Crippen LogP contribution in [-0.4, -0.2) is 55.4 Å². The third-order valence-corrected chi connectivity index (χ3v) is 4.18. The van der Waals surface area contributed by atoms with Gasteiger partial charge in [0.2, 0.25) is 0 Å². The predicted octanol–water partition coefficient (Wildman–Crippen LogP) is 2.80. The zero-order valence-electron chi connectivity index (χ0n) is 15.6. The monoisotopic (exact) mass is 461 g/mol. The number of aliphatic hydroxyl groups excluding tert-OH is 1. The highest BCUT2D eigenvalue weighted by atomic mass is 127. The van der Waals surface area contributed by atoms with E-state index < -0.39 is 6.10 Å². The van der Waals surface area contributed by atoms with Gasteiger partial charge in [0.25, 0.3) is 0 Å². The lowest BCUT2D eigenvalue weighted by molar-refractivity contribution is 0.0367. The molecule has 0 aromatic heterocycles. The van der Waals surface area contributed by atoms with Crippen molar-refractivity contribution in [1.82, 2.24) is 10.2 Å². The summed E-state index contributed by atoms with van der Waals surface area (Å²) in [6.07, 6.45) is 1.98. The zero-order chi connectivity index (χ0) is 17.4. The van der Waals surface area contributed by atoms with Crippen LogP contribution in [0.1, 0.15) is 30.9 Å². The Labute approximate surface area is 168 Å². The van der Waals surface area contributed by atoms with E-state index in [0.29, 0.717) is 13.2 Å². The molecule has 1 aromatic carbocycles. The van der Waals surface area contributed by atoms with E-state index >= 15 is 0 Å². The first-order valence-electron chi connectivity index (χ1n) is 8.90. The average Bonchev–Trinajstić information content (AvgIpc) is 3.37. The molecule has 142 valence electrons. The van der Waals surface area contributed by atoms with Crippen LogP contribution in [0.2, 0.25) is 0 Å². The summed E-state index contributed by atoms with van der Waals surface area (Å²) in [5.41, 5.74) is 2.55. The van der Waals surface area contributed by atoms with Gasteiger partial charge >= 0.3 is 0 Å². The van der Waals surface area contributed by atoms with Crippen LogP contribution in [0, 0.1) is 12.8 Å². The highest BCUT2D eigenvalue weighted by Crippen LogP contribution is 2.28. The molecule has 1 atom stereocenters. The zero-order valence-corrected chi connectivity index (χ0v) is 17.9. The second-order valence-electron chi connectivity index (χ2n) is 6.61. The molecule has 25 heavy (non-hydrogen) atoms. The summed E-state index contributed by atoms with van der Waals surface area (Å²) in [6.45, 7) is 7.23. The summed E-state index contributed by atoms with van der Waals surface area (Å²) in [5.74, 6) is 1.53. The Morgan fingerprint density at radius 1 is 1.40 bits per heavy atom. The lowest BCUT2D eigenvalue weighted by atomic mass is 10.1. The maximum absolute atomic E-state index is 10.0. The molecule has 0 bridgehead atoms. The van der Waals surface area contributed by atoms with Crippen molar-refractivity contribution in [1.29, 1.82) is 0 Å². The Hall–Kier alpha value is -0.860. The molecule has 1 fully saturated rings. The summed E-state index contributed by atoms with van der Waals surface area (Å²) in [4.78, 5) is 6.64. The molecule has 6 heteroatoms. The van der Waals surface area contributed by atoms with Gasteiger partial charge in [-0.25, -0.2) is 0 Å². The van der Waals surface area contributed by atoms with Gasteiger partial charge in [-0.1, -0.05) is 24.3 Å². The highest BCUT2D eigenvalue weighted by molar-refractivity contribution is 14.0. The molecule has 1 unspecified atom stereocenters. The smallest absolute Gasteiger partial charge is 0.194 e. The first-order chi connectivity index (χ1) is 11.6. The minimum absolute atomic E-state index is 0. The van der Waals surface area contributed by atoms with Crippen LogP contribution in [-0.2, 0) is 11.3 Å². The fourth-order valence-electron chi connectivity index (χ4n) is 2.49. The minimum atomic E-state index is -0.552. The summed E-state index contributed by atoms with van der Waals surface area (Å²) in [5, 5.41) is 13.3. The number of hydrogen-bond donors (Lipinski definition) is 2. The fourth-order valence-corrected chi connectivity index (χ4v) is 2.49. The second kappa shape index (κ2) is 11.7. The van der Waals surface area contributed by atoms with Crippen LogP contribution in [0.3, 0.4) is 0 Å². The minimum Gasteiger partial charge on any atom is -0.389 e. The van der Waals surface area contributed by atoms with E-state index in [1.54, 1.807) is 0 Å². The van der Waals surface area contributed by atoms with Crippen LogP contribution in [0.5, 0.6) is 0 Å². The van der Waals surface area contributed by atoms with Crippen LogP contribution >= 0.6 is 24.0 Å². The Bertz CT molecular complexity index is 535. The number of nitrogens with one attached hydrogen (secondary N) is 1. The number of halogens is 1. The van der Waals surface area contributed by atoms with Crippen molar-refractivity contribution in [3.63, 3.8) is 0 Å². The van der Waals surface area contributed by atoms with Gasteiger partial charge in [-0.05, 0) is 43.7 Å². The van der Waals surface area contributed by atoms with Gasteiger partial charge in [-0.15, -0.1) is 24.0 Å². The lowest BCUT2D eigenvalue weighted by Gasteiger charge is -2.23. The molecule has 1 aromatic rings.